The number of anilines is 1. The highest BCUT2D eigenvalue weighted by atomic mass is 19.4. The number of hydrogen-bond acceptors (Lipinski definition) is 3. The van der Waals surface area contributed by atoms with Gasteiger partial charge in [0.15, 0.2) is 0 Å². The zero-order chi connectivity index (χ0) is 28.3. The van der Waals surface area contributed by atoms with E-state index in [1.54, 1.807) is 0 Å². The Bertz CT molecular complexity index is 1100. The number of benzene rings is 2. The van der Waals surface area contributed by atoms with Crippen molar-refractivity contribution in [3.05, 3.63) is 63.7 Å². The van der Waals surface area contributed by atoms with Gasteiger partial charge in [-0.05, 0) is 85.0 Å². The van der Waals surface area contributed by atoms with Gasteiger partial charge in [-0.25, -0.2) is 4.79 Å². The van der Waals surface area contributed by atoms with Crippen molar-refractivity contribution in [1.29, 1.82) is 0 Å². The van der Waals surface area contributed by atoms with Crippen molar-refractivity contribution >= 4 is 11.8 Å². The molecule has 0 heterocycles. The summed E-state index contributed by atoms with van der Waals surface area (Å²) in [5, 5.41) is 0. The van der Waals surface area contributed by atoms with E-state index in [1.807, 2.05) is 13.0 Å². The van der Waals surface area contributed by atoms with Crippen LogP contribution < -0.4 is 4.90 Å². The van der Waals surface area contributed by atoms with Crippen LogP contribution in [0.25, 0.3) is 0 Å². The number of fused-ring (bicyclic) bond motifs is 1. The molecule has 3 rings (SSSR count). The Balaban J connectivity index is 2.02. The van der Waals surface area contributed by atoms with Gasteiger partial charge < -0.3 is 9.64 Å². The van der Waals surface area contributed by atoms with E-state index in [-0.39, 0.29) is 18.2 Å². The van der Waals surface area contributed by atoms with Gasteiger partial charge in [0.1, 0.15) is 0 Å². The third kappa shape index (κ3) is 7.35. The summed E-state index contributed by atoms with van der Waals surface area (Å²) in [6, 6.07) is 5.51. The first-order chi connectivity index (χ1) is 17.7. The summed E-state index contributed by atoms with van der Waals surface area (Å²) in [7, 11) is 1.13. The van der Waals surface area contributed by atoms with Crippen LogP contribution in [0.4, 0.5) is 36.8 Å². The lowest BCUT2D eigenvalue weighted by Crippen LogP contribution is -2.32. The summed E-state index contributed by atoms with van der Waals surface area (Å²) in [5.74, 6) is 0.470. The van der Waals surface area contributed by atoms with Crippen LogP contribution in [0.5, 0.6) is 0 Å². The summed E-state index contributed by atoms with van der Waals surface area (Å²) in [6.45, 7) is 7.26. The van der Waals surface area contributed by atoms with E-state index in [2.05, 4.69) is 24.8 Å². The Morgan fingerprint density at radius 3 is 2.00 bits per heavy atom. The van der Waals surface area contributed by atoms with Gasteiger partial charge in [0.2, 0.25) is 0 Å². The molecule has 4 nitrogen and oxygen atoms in total. The predicted molar refractivity (Wildman–Crippen MR) is 134 cm³/mol. The number of nitrogens with zero attached hydrogens (tertiary/aromatic N) is 2. The minimum absolute atomic E-state index is 0.0228. The average molecular weight is 545 g/mol. The molecule has 0 fully saturated rings. The predicted octanol–water partition coefficient (Wildman–Crippen LogP) is 7.85. The summed E-state index contributed by atoms with van der Waals surface area (Å²) in [5.41, 5.74) is 0.947. The molecule has 210 valence electrons. The van der Waals surface area contributed by atoms with Gasteiger partial charge in [0.05, 0.1) is 24.8 Å². The maximum absolute atomic E-state index is 13.4. The van der Waals surface area contributed by atoms with Crippen LogP contribution in [0, 0.1) is 5.92 Å². The van der Waals surface area contributed by atoms with Crippen LogP contribution in [0.2, 0.25) is 0 Å². The molecule has 1 aliphatic carbocycles. The molecule has 0 unspecified atom stereocenters. The number of aryl methyl sites for hydroxylation is 2. The van der Waals surface area contributed by atoms with Gasteiger partial charge >= 0.3 is 18.4 Å². The second kappa shape index (κ2) is 11.9. The fourth-order valence-corrected chi connectivity index (χ4v) is 4.80. The molecule has 0 saturated carbocycles. The molecule has 0 radical (unpaired) electrons. The molecule has 0 bridgehead atoms. The fourth-order valence-electron chi connectivity index (χ4n) is 4.80. The highest BCUT2D eigenvalue weighted by molar-refractivity contribution is 5.68. The summed E-state index contributed by atoms with van der Waals surface area (Å²) < 4.78 is 85.3. The van der Waals surface area contributed by atoms with E-state index >= 15 is 0 Å². The van der Waals surface area contributed by atoms with Gasteiger partial charge in [0, 0.05) is 25.3 Å². The first-order valence-corrected chi connectivity index (χ1v) is 12.7. The molecule has 0 aliphatic heterocycles. The molecule has 0 N–H and O–H groups in total. The van der Waals surface area contributed by atoms with Crippen LogP contribution >= 0.6 is 0 Å². The summed E-state index contributed by atoms with van der Waals surface area (Å²) in [4.78, 5) is 16.1. The number of hydrogen-bond donors (Lipinski definition) is 0. The van der Waals surface area contributed by atoms with E-state index in [1.165, 1.54) is 5.56 Å². The maximum atomic E-state index is 13.4. The third-order valence-corrected chi connectivity index (χ3v) is 6.81. The lowest BCUT2D eigenvalue weighted by atomic mass is 10.0. The number of rotatable bonds is 9. The van der Waals surface area contributed by atoms with Crippen LogP contribution in [-0.2, 0) is 43.0 Å². The largest absolute Gasteiger partial charge is 0.453 e. The summed E-state index contributed by atoms with van der Waals surface area (Å²) in [6.07, 6.45) is -7.03. The zero-order valence-corrected chi connectivity index (χ0v) is 22.1. The topological polar surface area (TPSA) is 32.8 Å². The van der Waals surface area contributed by atoms with Gasteiger partial charge in [-0.1, -0.05) is 19.9 Å². The fraction of sp³-hybridized carbons (Fsp3) is 0.536. The van der Waals surface area contributed by atoms with Crippen molar-refractivity contribution in [3.63, 3.8) is 0 Å². The van der Waals surface area contributed by atoms with Crippen molar-refractivity contribution in [2.24, 2.45) is 5.92 Å². The number of methoxy groups -OCH3 is 1. The highest BCUT2D eigenvalue weighted by Crippen LogP contribution is 2.37. The first-order valence-electron chi connectivity index (χ1n) is 12.7. The minimum Gasteiger partial charge on any atom is -0.453 e. The quantitative estimate of drug-likeness (QED) is 0.302. The molecular formula is C28H34F6N2O2. The number of ether oxygens (including phenoxy) is 1. The van der Waals surface area contributed by atoms with Crippen molar-refractivity contribution in [2.45, 2.75) is 71.9 Å². The van der Waals surface area contributed by atoms with E-state index in [9.17, 15) is 31.1 Å². The minimum atomic E-state index is -4.97. The Hall–Kier alpha value is -2.91. The monoisotopic (exact) mass is 544 g/mol. The maximum Gasteiger partial charge on any atom is 0.416 e. The van der Waals surface area contributed by atoms with Crippen LogP contribution in [0.1, 0.15) is 67.0 Å². The number of alkyl halides is 6. The number of halogens is 6. The number of amides is 1. The van der Waals surface area contributed by atoms with E-state index in [0.717, 1.165) is 61.1 Å². The Kier molecular flexibility index (Phi) is 9.26. The molecule has 38 heavy (non-hydrogen) atoms. The van der Waals surface area contributed by atoms with E-state index < -0.39 is 36.1 Å². The molecule has 0 aromatic heterocycles. The zero-order valence-electron chi connectivity index (χ0n) is 22.1. The molecule has 0 atom stereocenters. The first kappa shape index (κ1) is 29.6. The SMILES string of the molecule is CCN(CCC(C)C)c1cc2c(cc1CN(Cc1cc(C(F)(F)F)cc(C(F)(F)F)c1)C(=O)OC)CCC2. The standard InChI is InChI=1S/C28H34F6N2O2/c1-5-35(10-9-18(2)3)25-14-21-8-6-7-20(21)13-22(25)17-36(26(37)38-4)16-19-11-23(27(29,30)31)15-24(12-19)28(32,33)34/h11-15,18H,5-10,16-17H2,1-4H3. The van der Waals surface area contributed by atoms with Gasteiger partial charge in [0.25, 0.3) is 0 Å². The molecule has 10 heteroatoms. The smallest absolute Gasteiger partial charge is 0.416 e. The lowest BCUT2D eigenvalue weighted by Gasteiger charge is -2.30. The Morgan fingerprint density at radius 2 is 1.50 bits per heavy atom. The second-order valence-electron chi connectivity index (χ2n) is 10.1. The van der Waals surface area contributed by atoms with Crippen LogP contribution in [0.3, 0.4) is 0 Å². The van der Waals surface area contributed by atoms with Crippen molar-refractivity contribution < 1.29 is 35.9 Å². The Labute approximate surface area is 219 Å². The average Bonchev–Trinajstić information content (AvgIpc) is 3.29. The highest BCUT2D eigenvalue weighted by Gasteiger charge is 2.37. The number of carbonyl (C=O) groups is 1. The van der Waals surface area contributed by atoms with E-state index in [0.29, 0.717) is 24.6 Å². The van der Waals surface area contributed by atoms with Crippen molar-refractivity contribution in [2.75, 3.05) is 25.1 Å². The van der Waals surface area contributed by atoms with Crippen molar-refractivity contribution in [1.82, 2.24) is 4.90 Å². The molecular weight excluding hydrogens is 510 g/mol. The van der Waals surface area contributed by atoms with Gasteiger partial charge in [-0.15, -0.1) is 0 Å². The van der Waals surface area contributed by atoms with E-state index in [4.69, 9.17) is 4.74 Å². The lowest BCUT2D eigenvalue weighted by molar-refractivity contribution is -0.143. The van der Waals surface area contributed by atoms with Crippen LogP contribution in [0.15, 0.2) is 30.3 Å². The molecule has 2 aromatic rings. The molecule has 1 amide bonds. The normalized spacial score (nSPS) is 13.6. The molecule has 2 aromatic carbocycles. The third-order valence-electron chi connectivity index (χ3n) is 6.81. The molecule has 0 saturated heterocycles. The summed E-state index contributed by atoms with van der Waals surface area (Å²) >= 11 is 0. The molecule has 1 aliphatic rings. The van der Waals surface area contributed by atoms with Gasteiger partial charge in [-0.3, -0.25) is 4.90 Å². The second-order valence-corrected chi connectivity index (χ2v) is 10.1. The van der Waals surface area contributed by atoms with Gasteiger partial charge in [-0.2, -0.15) is 26.3 Å². The molecule has 0 spiro atoms. The Morgan fingerprint density at radius 1 is 0.921 bits per heavy atom. The number of carbonyl (C=O) groups excluding carboxylic acids is 1. The van der Waals surface area contributed by atoms with Crippen molar-refractivity contribution in [3.8, 4) is 0 Å². The van der Waals surface area contributed by atoms with Crippen LogP contribution in [-0.4, -0.2) is 31.2 Å².